The van der Waals surface area contributed by atoms with E-state index in [-0.39, 0.29) is 29.2 Å². The van der Waals surface area contributed by atoms with Crippen molar-refractivity contribution in [3.63, 3.8) is 0 Å². The van der Waals surface area contributed by atoms with Crippen molar-refractivity contribution in [3.8, 4) is 12.3 Å². The topological polar surface area (TPSA) is 101 Å². The molecule has 6 nitrogen and oxygen atoms in total. The Labute approximate surface area is 118 Å². The average molecular weight is 296 g/mol. The number of nitrogen functional groups attached to an aromatic ring is 1. The Balaban J connectivity index is 3.44. The number of nitrogens with two attached hydrogens (primary N) is 1. The van der Waals surface area contributed by atoms with E-state index in [0.29, 0.717) is 6.42 Å². The van der Waals surface area contributed by atoms with Crippen LogP contribution in [0.4, 0.5) is 5.69 Å². The number of hydrogen-bond acceptors (Lipinski definition) is 4. The molecule has 20 heavy (non-hydrogen) atoms. The van der Waals surface area contributed by atoms with Crippen molar-refractivity contribution in [1.29, 1.82) is 0 Å². The van der Waals surface area contributed by atoms with Gasteiger partial charge in [-0.25, -0.2) is 13.2 Å². The lowest BCUT2D eigenvalue weighted by molar-refractivity contribution is 0.0692. The van der Waals surface area contributed by atoms with E-state index in [1.165, 1.54) is 12.1 Å². The molecule has 0 aliphatic heterocycles. The summed E-state index contributed by atoms with van der Waals surface area (Å²) in [7, 11) is -3.99. The van der Waals surface area contributed by atoms with E-state index in [2.05, 4.69) is 5.92 Å². The van der Waals surface area contributed by atoms with Gasteiger partial charge in [-0.3, -0.25) is 0 Å². The van der Waals surface area contributed by atoms with E-state index in [1.54, 1.807) is 6.92 Å². The summed E-state index contributed by atoms with van der Waals surface area (Å²) in [4.78, 5) is 10.8. The first-order chi connectivity index (χ1) is 9.34. The summed E-state index contributed by atoms with van der Waals surface area (Å²) in [6.07, 6.45) is 5.73. The number of terminal acetylenes is 1. The number of benzene rings is 1. The summed E-state index contributed by atoms with van der Waals surface area (Å²) in [6, 6.07) is 3.65. The minimum Gasteiger partial charge on any atom is -0.478 e. The second kappa shape index (κ2) is 6.41. The van der Waals surface area contributed by atoms with Crippen LogP contribution >= 0.6 is 0 Å². The molecule has 7 heteroatoms. The lowest BCUT2D eigenvalue weighted by atomic mass is 10.2. The van der Waals surface area contributed by atoms with Gasteiger partial charge < -0.3 is 10.8 Å². The molecular formula is C13H16N2O4S. The van der Waals surface area contributed by atoms with Gasteiger partial charge >= 0.3 is 5.97 Å². The fourth-order valence-electron chi connectivity index (χ4n) is 1.70. The van der Waals surface area contributed by atoms with Crippen LogP contribution in [0.2, 0.25) is 0 Å². The van der Waals surface area contributed by atoms with E-state index >= 15 is 0 Å². The molecule has 0 radical (unpaired) electrons. The standard InChI is InChI=1S/C13H16N2O4S/c1-3-7-15(8-4-2)20(18,19)12-9-10(14)5-6-11(12)13(16)17/h1,5-6,9H,4,7-8,14H2,2H3,(H,16,17). The Morgan fingerprint density at radius 1 is 1.50 bits per heavy atom. The number of carboxylic acids is 1. The van der Waals surface area contributed by atoms with Gasteiger partial charge in [0, 0.05) is 12.2 Å². The number of carboxylic acid groups (broad SMARTS) is 1. The Hall–Kier alpha value is -2.04. The smallest absolute Gasteiger partial charge is 0.337 e. The molecule has 0 aromatic heterocycles. The molecule has 0 unspecified atom stereocenters. The highest BCUT2D eigenvalue weighted by molar-refractivity contribution is 7.89. The van der Waals surface area contributed by atoms with E-state index in [0.717, 1.165) is 10.4 Å². The highest BCUT2D eigenvalue weighted by Crippen LogP contribution is 2.23. The van der Waals surface area contributed by atoms with Gasteiger partial charge in [0.25, 0.3) is 0 Å². The fraction of sp³-hybridized carbons (Fsp3) is 0.308. The maximum atomic E-state index is 12.5. The van der Waals surface area contributed by atoms with Crippen LogP contribution in [0.1, 0.15) is 23.7 Å². The Kier molecular flexibility index (Phi) is 5.13. The van der Waals surface area contributed by atoms with Crippen LogP contribution in [0.25, 0.3) is 0 Å². The molecule has 0 aliphatic rings. The van der Waals surface area contributed by atoms with E-state index in [9.17, 15) is 13.2 Å². The highest BCUT2D eigenvalue weighted by atomic mass is 32.2. The number of hydrogen-bond donors (Lipinski definition) is 2. The third-order valence-corrected chi connectivity index (χ3v) is 4.48. The zero-order valence-corrected chi connectivity index (χ0v) is 11.9. The molecule has 3 N–H and O–H groups in total. The molecule has 0 saturated heterocycles. The maximum Gasteiger partial charge on any atom is 0.337 e. The number of nitrogens with zero attached hydrogens (tertiary/aromatic N) is 1. The van der Waals surface area contributed by atoms with E-state index in [4.69, 9.17) is 17.3 Å². The number of anilines is 1. The van der Waals surface area contributed by atoms with Gasteiger partial charge in [-0.2, -0.15) is 4.31 Å². The summed E-state index contributed by atoms with van der Waals surface area (Å²) in [5.74, 6) is 0.927. The molecule has 0 bridgehead atoms. The quantitative estimate of drug-likeness (QED) is 0.602. The van der Waals surface area contributed by atoms with Gasteiger partial charge in [0.1, 0.15) is 0 Å². The zero-order chi connectivity index (χ0) is 15.3. The molecule has 108 valence electrons. The first kappa shape index (κ1) is 16.0. The molecule has 0 atom stereocenters. The molecule has 0 amide bonds. The van der Waals surface area contributed by atoms with Crippen molar-refractivity contribution in [3.05, 3.63) is 23.8 Å². The van der Waals surface area contributed by atoms with Crippen LogP contribution in [0, 0.1) is 12.3 Å². The van der Waals surface area contributed by atoms with Crippen molar-refractivity contribution < 1.29 is 18.3 Å². The Morgan fingerprint density at radius 2 is 2.15 bits per heavy atom. The SMILES string of the molecule is C#CCN(CCC)S(=O)(=O)c1cc(N)ccc1C(=O)O. The van der Waals surface area contributed by atoms with Crippen LogP contribution in [0.15, 0.2) is 23.1 Å². The van der Waals surface area contributed by atoms with Gasteiger partial charge in [0.15, 0.2) is 0 Å². The van der Waals surface area contributed by atoms with Crippen LogP contribution in [-0.4, -0.2) is 36.9 Å². The molecule has 0 heterocycles. The third kappa shape index (κ3) is 3.29. The number of sulfonamides is 1. The molecule has 0 aliphatic carbocycles. The largest absolute Gasteiger partial charge is 0.478 e. The molecule has 0 spiro atoms. The van der Waals surface area contributed by atoms with Gasteiger partial charge in [0.05, 0.1) is 17.0 Å². The van der Waals surface area contributed by atoms with Gasteiger partial charge in [-0.1, -0.05) is 12.8 Å². The average Bonchev–Trinajstić information content (AvgIpc) is 2.38. The van der Waals surface area contributed by atoms with E-state index < -0.39 is 16.0 Å². The second-order valence-corrected chi connectivity index (χ2v) is 6.01. The minimum absolute atomic E-state index is 0.121. The second-order valence-electron chi connectivity index (χ2n) is 4.10. The zero-order valence-electron chi connectivity index (χ0n) is 11.0. The van der Waals surface area contributed by atoms with Crippen LogP contribution in [0.5, 0.6) is 0 Å². The Morgan fingerprint density at radius 3 is 2.65 bits per heavy atom. The summed E-state index contributed by atoms with van der Waals surface area (Å²) < 4.78 is 26.1. The predicted octanol–water partition coefficient (Wildman–Crippen LogP) is 1.00. The van der Waals surface area contributed by atoms with Crippen molar-refractivity contribution in [2.75, 3.05) is 18.8 Å². The molecule has 0 saturated carbocycles. The van der Waals surface area contributed by atoms with Crippen molar-refractivity contribution >= 4 is 21.7 Å². The third-order valence-electron chi connectivity index (χ3n) is 2.59. The monoisotopic (exact) mass is 296 g/mol. The summed E-state index contributed by atoms with van der Waals surface area (Å²) in [6.45, 7) is 1.89. The maximum absolute atomic E-state index is 12.5. The predicted molar refractivity (Wildman–Crippen MR) is 75.7 cm³/mol. The molecule has 0 fully saturated rings. The number of rotatable bonds is 6. The first-order valence-corrected chi connectivity index (χ1v) is 7.35. The molecular weight excluding hydrogens is 280 g/mol. The number of carbonyl (C=O) groups is 1. The summed E-state index contributed by atoms with van der Waals surface area (Å²) >= 11 is 0. The first-order valence-electron chi connectivity index (χ1n) is 5.91. The highest BCUT2D eigenvalue weighted by Gasteiger charge is 2.28. The van der Waals surface area contributed by atoms with E-state index in [1.807, 2.05) is 0 Å². The van der Waals surface area contributed by atoms with Crippen LogP contribution < -0.4 is 5.73 Å². The molecule has 1 aromatic rings. The van der Waals surface area contributed by atoms with Crippen LogP contribution in [0.3, 0.4) is 0 Å². The van der Waals surface area contributed by atoms with Crippen molar-refractivity contribution in [2.24, 2.45) is 0 Å². The van der Waals surface area contributed by atoms with Crippen LogP contribution in [-0.2, 0) is 10.0 Å². The van der Waals surface area contributed by atoms with Gasteiger partial charge in [-0.05, 0) is 24.6 Å². The fourth-order valence-corrected chi connectivity index (χ4v) is 3.37. The normalized spacial score (nSPS) is 11.2. The lowest BCUT2D eigenvalue weighted by Gasteiger charge is -2.20. The summed E-state index contributed by atoms with van der Waals surface area (Å²) in [5, 5.41) is 9.10. The van der Waals surface area contributed by atoms with Gasteiger partial charge in [-0.15, -0.1) is 6.42 Å². The van der Waals surface area contributed by atoms with Crippen molar-refractivity contribution in [1.82, 2.24) is 4.31 Å². The Bertz CT molecular complexity index is 647. The molecule has 1 rings (SSSR count). The van der Waals surface area contributed by atoms with Gasteiger partial charge in [0.2, 0.25) is 10.0 Å². The lowest BCUT2D eigenvalue weighted by Crippen LogP contribution is -2.33. The molecule has 1 aromatic carbocycles. The van der Waals surface area contributed by atoms with Crippen molar-refractivity contribution in [2.45, 2.75) is 18.2 Å². The number of aromatic carboxylic acids is 1. The summed E-state index contributed by atoms with van der Waals surface area (Å²) in [5.41, 5.74) is 5.41. The minimum atomic E-state index is -3.99.